The Morgan fingerprint density at radius 2 is 1.74 bits per heavy atom. The topological polar surface area (TPSA) is 59.8 Å². The van der Waals surface area contributed by atoms with E-state index in [1.807, 2.05) is 36.4 Å². The van der Waals surface area contributed by atoms with E-state index in [0.29, 0.717) is 12.3 Å². The minimum atomic E-state index is -0.725. The van der Waals surface area contributed by atoms with E-state index in [1.165, 1.54) is 12.1 Å². The molecule has 7 heteroatoms. The number of ether oxygens (including phenoxy) is 1. The Hall–Kier alpha value is -3.45. The number of nitrogens with zero attached hydrogens (tertiary/aromatic N) is 1. The van der Waals surface area contributed by atoms with E-state index < -0.39 is 23.2 Å². The molecule has 0 spiro atoms. The molecular weight excluding hydrogens is 513 g/mol. The van der Waals surface area contributed by atoms with Crippen LogP contribution < -0.4 is 15.1 Å². The van der Waals surface area contributed by atoms with Gasteiger partial charge in [-0.25, -0.2) is 4.39 Å². The van der Waals surface area contributed by atoms with Gasteiger partial charge in [-0.15, -0.1) is 0 Å². The first-order valence-electron chi connectivity index (χ1n) is 11.6. The number of hydrogen-bond acceptors (Lipinski definition) is 4. The van der Waals surface area contributed by atoms with Crippen LogP contribution in [-0.4, -0.2) is 12.5 Å². The van der Waals surface area contributed by atoms with Gasteiger partial charge in [0.05, 0.1) is 23.6 Å². The number of hydrogen-bond donors (Lipinski definition) is 0. The third-order valence-electron chi connectivity index (χ3n) is 6.15. The molecule has 0 radical (unpaired) electrons. The van der Waals surface area contributed by atoms with Crippen molar-refractivity contribution in [2.45, 2.75) is 32.2 Å². The molecule has 0 aliphatic carbocycles. The van der Waals surface area contributed by atoms with Crippen molar-refractivity contribution >= 4 is 38.5 Å². The number of benzene rings is 3. The average molecular weight is 536 g/mol. The number of rotatable bonds is 7. The highest BCUT2D eigenvalue weighted by atomic mass is 79.9. The van der Waals surface area contributed by atoms with Crippen molar-refractivity contribution in [3.05, 3.63) is 104 Å². The summed E-state index contributed by atoms with van der Waals surface area (Å²) in [5.41, 5.74) is 1.30. The summed E-state index contributed by atoms with van der Waals surface area (Å²) in [6.45, 7) is 2.77. The molecule has 35 heavy (non-hydrogen) atoms. The number of amides is 1. The van der Waals surface area contributed by atoms with Crippen molar-refractivity contribution in [3.8, 4) is 5.75 Å². The molecule has 1 aromatic heterocycles. The summed E-state index contributed by atoms with van der Waals surface area (Å²) in [7, 11) is 0. The van der Waals surface area contributed by atoms with Gasteiger partial charge >= 0.3 is 0 Å². The van der Waals surface area contributed by atoms with Crippen LogP contribution in [0.1, 0.15) is 53.9 Å². The Morgan fingerprint density at radius 3 is 2.46 bits per heavy atom. The van der Waals surface area contributed by atoms with E-state index in [-0.39, 0.29) is 22.3 Å². The van der Waals surface area contributed by atoms with E-state index in [0.717, 1.165) is 41.1 Å². The molecule has 1 atom stereocenters. The predicted molar refractivity (Wildman–Crippen MR) is 137 cm³/mol. The van der Waals surface area contributed by atoms with Crippen LogP contribution in [0.4, 0.5) is 10.1 Å². The summed E-state index contributed by atoms with van der Waals surface area (Å²) in [6, 6.07) is 17.7. The van der Waals surface area contributed by atoms with Gasteiger partial charge < -0.3 is 9.15 Å². The third kappa shape index (κ3) is 4.36. The Kier molecular flexibility index (Phi) is 6.43. The summed E-state index contributed by atoms with van der Waals surface area (Å²) >= 11 is 3.42. The lowest BCUT2D eigenvalue weighted by Gasteiger charge is -2.25. The summed E-state index contributed by atoms with van der Waals surface area (Å²) in [5, 5.41) is 0.107. The van der Waals surface area contributed by atoms with Gasteiger partial charge in [0.15, 0.2) is 5.43 Å². The zero-order chi connectivity index (χ0) is 24.5. The molecule has 1 aliphatic rings. The lowest BCUT2D eigenvalue weighted by molar-refractivity contribution is 0.0971. The van der Waals surface area contributed by atoms with E-state index in [1.54, 1.807) is 17.0 Å². The van der Waals surface area contributed by atoms with Crippen LogP contribution in [0.25, 0.3) is 11.0 Å². The fraction of sp³-hybridized carbons (Fsp3) is 0.214. The molecule has 0 fully saturated rings. The highest BCUT2D eigenvalue weighted by Crippen LogP contribution is 2.41. The molecule has 1 aliphatic heterocycles. The van der Waals surface area contributed by atoms with Gasteiger partial charge in [0, 0.05) is 10.2 Å². The molecule has 5 rings (SSSR count). The van der Waals surface area contributed by atoms with Gasteiger partial charge in [-0.05, 0) is 66.6 Å². The molecule has 0 saturated heterocycles. The van der Waals surface area contributed by atoms with Gasteiger partial charge in [0.2, 0.25) is 5.76 Å². The van der Waals surface area contributed by atoms with E-state index in [2.05, 4.69) is 22.9 Å². The first kappa shape index (κ1) is 23.3. The second-order valence-corrected chi connectivity index (χ2v) is 9.41. The van der Waals surface area contributed by atoms with Gasteiger partial charge in [-0.1, -0.05) is 47.8 Å². The molecule has 1 amide bonds. The smallest absolute Gasteiger partial charge is 0.295 e. The number of fused-ring (bicyclic) bond motifs is 2. The van der Waals surface area contributed by atoms with Crippen molar-refractivity contribution in [3.63, 3.8) is 0 Å². The van der Waals surface area contributed by atoms with E-state index in [4.69, 9.17) is 9.15 Å². The lowest BCUT2D eigenvalue weighted by atomic mass is 9.98. The third-order valence-corrected chi connectivity index (χ3v) is 6.68. The second kappa shape index (κ2) is 9.66. The van der Waals surface area contributed by atoms with Crippen molar-refractivity contribution in [2.24, 2.45) is 0 Å². The normalized spacial score (nSPS) is 15.0. The van der Waals surface area contributed by atoms with Crippen LogP contribution in [0.2, 0.25) is 0 Å². The van der Waals surface area contributed by atoms with Gasteiger partial charge in [0.1, 0.15) is 17.1 Å². The maximum absolute atomic E-state index is 14.0. The molecule has 0 N–H and O–H groups in total. The summed E-state index contributed by atoms with van der Waals surface area (Å²) in [6.07, 6.45) is 3.20. The number of anilines is 1. The predicted octanol–water partition coefficient (Wildman–Crippen LogP) is 7.01. The van der Waals surface area contributed by atoms with Crippen LogP contribution in [-0.2, 0) is 0 Å². The van der Waals surface area contributed by atoms with Crippen LogP contribution in [0.15, 0.2) is 80.4 Å². The molecule has 3 aromatic carbocycles. The molecule has 0 bridgehead atoms. The minimum Gasteiger partial charge on any atom is -0.494 e. The van der Waals surface area contributed by atoms with Crippen molar-refractivity contribution < 1.29 is 18.3 Å². The number of unbranched alkanes of at least 4 members (excludes halogenated alkanes) is 2. The molecule has 5 nitrogen and oxygen atoms in total. The Morgan fingerprint density at radius 1 is 1.00 bits per heavy atom. The zero-order valence-corrected chi connectivity index (χ0v) is 20.7. The molecule has 4 aromatic rings. The summed E-state index contributed by atoms with van der Waals surface area (Å²) < 4.78 is 26.5. The van der Waals surface area contributed by atoms with Crippen molar-refractivity contribution in [1.29, 1.82) is 0 Å². The quantitative estimate of drug-likeness (QED) is 0.239. The fourth-order valence-electron chi connectivity index (χ4n) is 4.42. The Balaban J connectivity index is 1.62. The molecular formula is C28H23BrFNO4. The largest absolute Gasteiger partial charge is 0.494 e. The Bertz CT molecular complexity index is 1450. The summed E-state index contributed by atoms with van der Waals surface area (Å²) in [4.78, 5) is 28.7. The molecule has 2 heterocycles. The number of carbonyl (C=O) groups excluding carboxylic acids is 1. The van der Waals surface area contributed by atoms with E-state index in [9.17, 15) is 14.0 Å². The van der Waals surface area contributed by atoms with Crippen LogP contribution >= 0.6 is 15.9 Å². The molecule has 178 valence electrons. The van der Waals surface area contributed by atoms with Crippen LogP contribution in [0.5, 0.6) is 5.75 Å². The molecule has 0 saturated carbocycles. The van der Waals surface area contributed by atoms with E-state index >= 15 is 0 Å². The second-order valence-electron chi connectivity index (χ2n) is 8.49. The van der Waals surface area contributed by atoms with Crippen LogP contribution in [0.3, 0.4) is 0 Å². The first-order valence-corrected chi connectivity index (χ1v) is 12.4. The van der Waals surface area contributed by atoms with Gasteiger partial charge in [-0.2, -0.15) is 0 Å². The molecule has 1 unspecified atom stereocenters. The SMILES string of the molecule is CCCCCOc1ccc(C2c3c(oc4ccc(F)cc4c3=O)C(=O)N2c2ccc(Br)cc2)cc1. The number of carbonyl (C=O) groups is 1. The average Bonchev–Trinajstić information content (AvgIpc) is 3.16. The van der Waals surface area contributed by atoms with Crippen molar-refractivity contribution in [1.82, 2.24) is 0 Å². The van der Waals surface area contributed by atoms with Crippen LogP contribution in [0, 0.1) is 5.82 Å². The maximum atomic E-state index is 14.0. The summed E-state index contributed by atoms with van der Waals surface area (Å²) in [5.74, 6) is -0.269. The first-order chi connectivity index (χ1) is 17.0. The highest BCUT2D eigenvalue weighted by molar-refractivity contribution is 9.10. The Labute approximate surface area is 210 Å². The monoisotopic (exact) mass is 535 g/mol. The highest BCUT2D eigenvalue weighted by Gasteiger charge is 2.43. The van der Waals surface area contributed by atoms with Crippen molar-refractivity contribution in [2.75, 3.05) is 11.5 Å². The maximum Gasteiger partial charge on any atom is 0.295 e. The van der Waals surface area contributed by atoms with Gasteiger partial charge in [0.25, 0.3) is 5.91 Å². The van der Waals surface area contributed by atoms with Gasteiger partial charge in [-0.3, -0.25) is 14.5 Å². The zero-order valence-electron chi connectivity index (χ0n) is 19.1. The lowest BCUT2D eigenvalue weighted by Crippen LogP contribution is -2.29. The number of halogens is 2. The fourth-order valence-corrected chi connectivity index (χ4v) is 4.68. The minimum absolute atomic E-state index is 0.0260. The standard InChI is InChI=1S/C28H23BrFNO4/c1-2-3-4-15-34-21-12-5-17(6-13-21)25-24-26(32)22-16-19(30)9-14-23(22)35-27(24)28(33)31(25)20-10-7-18(29)8-11-20/h5-14,16,25H,2-4,15H2,1H3.